The average Bonchev–Trinajstić information content (AvgIpc) is 2.27. The van der Waals surface area contributed by atoms with Crippen LogP contribution in [-0.2, 0) is 9.59 Å². The number of hydrogen-bond acceptors (Lipinski definition) is 3. The molecule has 0 aromatic carbocycles. The van der Waals surface area contributed by atoms with Crippen molar-refractivity contribution >= 4 is 11.8 Å². The van der Waals surface area contributed by atoms with Crippen molar-refractivity contribution in [1.29, 1.82) is 0 Å². The predicted molar refractivity (Wildman–Crippen MR) is 66.5 cm³/mol. The first-order valence-corrected chi connectivity index (χ1v) is 6.17. The Balaban J connectivity index is 2.79. The van der Waals surface area contributed by atoms with Gasteiger partial charge in [0.25, 0.3) is 0 Å². The van der Waals surface area contributed by atoms with Crippen LogP contribution < -0.4 is 10.6 Å². The third-order valence-corrected chi connectivity index (χ3v) is 2.80. The molecule has 1 atom stereocenters. The highest BCUT2D eigenvalue weighted by molar-refractivity contribution is 5.90. The first-order chi connectivity index (χ1) is 7.88. The maximum Gasteiger partial charge on any atom is 0.244 e. The molecule has 1 fully saturated rings. The van der Waals surface area contributed by atoms with Gasteiger partial charge in [0.2, 0.25) is 11.8 Å². The quantitative estimate of drug-likeness (QED) is 0.713. The van der Waals surface area contributed by atoms with Crippen molar-refractivity contribution in [2.24, 2.45) is 5.41 Å². The zero-order valence-electron chi connectivity index (χ0n) is 11.2. The van der Waals surface area contributed by atoms with E-state index in [0.29, 0.717) is 19.6 Å². The number of hydrogen-bond donors (Lipinski definition) is 2. The van der Waals surface area contributed by atoms with Crippen LogP contribution in [0.15, 0.2) is 0 Å². The average molecular weight is 241 g/mol. The zero-order chi connectivity index (χ0) is 13.1. The van der Waals surface area contributed by atoms with Crippen LogP contribution in [-0.4, -0.2) is 48.9 Å². The number of nitrogens with zero attached hydrogens (tertiary/aromatic N) is 1. The minimum absolute atomic E-state index is 0.0373. The van der Waals surface area contributed by atoms with E-state index in [4.69, 9.17) is 0 Å². The lowest BCUT2D eigenvalue weighted by Crippen LogP contribution is -2.61. The largest absolute Gasteiger partial charge is 0.355 e. The molecule has 5 nitrogen and oxygen atoms in total. The summed E-state index contributed by atoms with van der Waals surface area (Å²) in [5.41, 5.74) is -0.442. The van der Waals surface area contributed by atoms with Gasteiger partial charge in [-0.1, -0.05) is 20.8 Å². The Bertz CT molecular complexity index is 297. The Labute approximate surface area is 103 Å². The Morgan fingerprint density at radius 3 is 2.59 bits per heavy atom. The predicted octanol–water partition coefficient (Wildman–Crippen LogP) is -0.0310. The van der Waals surface area contributed by atoms with Crippen LogP contribution in [0.2, 0.25) is 0 Å². The fourth-order valence-electron chi connectivity index (χ4n) is 1.90. The van der Waals surface area contributed by atoms with Crippen molar-refractivity contribution in [3.63, 3.8) is 0 Å². The van der Waals surface area contributed by atoms with Crippen LogP contribution in [0.3, 0.4) is 0 Å². The van der Waals surface area contributed by atoms with Crippen LogP contribution in [0.4, 0.5) is 0 Å². The molecule has 0 bridgehead atoms. The van der Waals surface area contributed by atoms with Gasteiger partial charge in [-0.15, -0.1) is 0 Å². The van der Waals surface area contributed by atoms with Crippen molar-refractivity contribution in [2.75, 3.05) is 26.2 Å². The zero-order valence-corrected chi connectivity index (χ0v) is 11.2. The Morgan fingerprint density at radius 2 is 2.06 bits per heavy atom. The van der Waals surface area contributed by atoms with Crippen molar-refractivity contribution in [3.05, 3.63) is 0 Å². The van der Waals surface area contributed by atoms with Crippen LogP contribution in [0.5, 0.6) is 0 Å². The topological polar surface area (TPSA) is 61.4 Å². The van der Waals surface area contributed by atoms with Gasteiger partial charge >= 0.3 is 0 Å². The number of likely N-dealkylation sites (N-methyl/N-ethyl adjacent to an activating group) is 1. The van der Waals surface area contributed by atoms with Crippen molar-refractivity contribution in [3.8, 4) is 0 Å². The highest BCUT2D eigenvalue weighted by Gasteiger charge is 2.36. The number of nitrogens with one attached hydrogen (secondary N) is 2. The molecule has 1 heterocycles. The maximum absolute atomic E-state index is 12.3. The van der Waals surface area contributed by atoms with E-state index in [1.54, 1.807) is 4.90 Å². The third-order valence-electron chi connectivity index (χ3n) is 2.80. The summed E-state index contributed by atoms with van der Waals surface area (Å²) < 4.78 is 0. The number of carbonyl (C=O) groups excluding carboxylic acids is 2. The maximum atomic E-state index is 12.3. The van der Waals surface area contributed by atoms with Crippen molar-refractivity contribution < 1.29 is 9.59 Å². The van der Waals surface area contributed by atoms with Gasteiger partial charge in [-0.2, -0.15) is 0 Å². The lowest BCUT2D eigenvalue weighted by atomic mass is 9.93. The fourth-order valence-corrected chi connectivity index (χ4v) is 1.90. The Morgan fingerprint density at radius 1 is 1.41 bits per heavy atom. The molecule has 1 unspecified atom stereocenters. The van der Waals surface area contributed by atoms with E-state index < -0.39 is 5.41 Å². The molecule has 1 rings (SSSR count). The molecule has 2 amide bonds. The molecule has 98 valence electrons. The summed E-state index contributed by atoms with van der Waals surface area (Å²) in [6.07, 6.45) is 0. The van der Waals surface area contributed by atoms with E-state index >= 15 is 0 Å². The van der Waals surface area contributed by atoms with Crippen LogP contribution in [0, 0.1) is 5.41 Å². The van der Waals surface area contributed by atoms with Gasteiger partial charge in [-0.25, -0.2) is 0 Å². The summed E-state index contributed by atoms with van der Waals surface area (Å²) in [5, 5.41) is 5.93. The van der Waals surface area contributed by atoms with E-state index in [9.17, 15) is 9.59 Å². The second-order valence-electron chi connectivity index (χ2n) is 5.36. The van der Waals surface area contributed by atoms with E-state index in [0.717, 1.165) is 6.54 Å². The molecule has 0 aromatic heterocycles. The van der Waals surface area contributed by atoms with Gasteiger partial charge in [-0.05, 0) is 6.92 Å². The number of amides is 2. The van der Waals surface area contributed by atoms with E-state index in [2.05, 4.69) is 10.6 Å². The molecule has 1 aliphatic heterocycles. The Kier molecular flexibility index (Phi) is 4.51. The molecule has 0 saturated carbocycles. The number of piperazine rings is 1. The van der Waals surface area contributed by atoms with Crippen LogP contribution in [0.1, 0.15) is 27.7 Å². The first-order valence-electron chi connectivity index (χ1n) is 6.17. The van der Waals surface area contributed by atoms with E-state index in [1.165, 1.54) is 0 Å². The third kappa shape index (κ3) is 3.43. The molecule has 5 heteroatoms. The normalized spacial score (nSPS) is 21.2. The van der Waals surface area contributed by atoms with Gasteiger partial charge in [0.15, 0.2) is 0 Å². The van der Waals surface area contributed by atoms with Gasteiger partial charge < -0.3 is 15.5 Å². The standard InChI is InChI=1S/C12H23N3O2/c1-5-14-10(16)9-8-13-6-7-15(9)11(17)12(2,3)4/h9,13H,5-8H2,1-4H3,(H,14,16). The molecule has 1 saturated heterocycles. The minimum Gasteiger partial charge on any atom is -0.355 e. The highest BCUT2D eigenvalue weighted by atomic mass is 16.2. The lowest BCUT2D eigenvalue weighted by molar-refractivity contribution is -0.147. The molecule has 0 aliphatic carbocycles. The van der Waals surface area contributed by atoms with Crippen LogP contribution in [0.25, 0.3) is 0 Å². The first kappa shape index (κ1) is 14.0. The smallest absolute Gasteiger partial charge is 0.244 e. The second-order valence-corrected chi connectivity index (χ2v) is 5.36. The summed E-state index contributed by atoms with van der Waals surface area (Å²) in [5.74, 6) is -0.0347. The second kappa shape index (κ2) is 5.49. The minimum atomic E-state index is -0.442. The molecular formula is C12H23N3O2. The van der Waals surface area contributed by atoms with Gasteiger partial charge in [-0.3, -0.25) is 9.59 Å². The molecule has 1 aliphatic rings. The van der Waals surface area contributed by atoms with Gasteiger partial charge in [0.05, 0.1) is 0 Å². The molecular weight excluding hydrogens is 218 g/mol. The van der Waals surface area contributed by atoms with Crippen LogP contribution >= 0.6 is 0 Å². The summed E-state index contributed by atoms with van der Waals surface area (Å²) in [7, 11) is 0. The molecule has 0 spiro atoms. The van der Waals surface area contributed by atoms with Crippen molar-refractivity contribution in [1.82, 2.24) is 15.5 Å². The highest BCUT2D eigenvalue weighted by Crippen LogP contribution is 2.20. The number of carbonyl (C=O) groups is 2. The molecule has 0 aromatic rings. The lowest BCUT2D eigenvalue weighted by Gasteiger charge is -2.38. The summed E-state index contributed by atoms with van der Waals surface area (Å²) >= 11 is 0. The van der Waals surface area contributed by atoms with Crippen molar-refractivity contribution in [2.45, 2.75) is 33.7 Å². The van der Waals surface area contributed by atoms with E-state index in [1.807, 2.05) is 27.7 Å². The summed E-state index contributed by atoms with van der Waals surface area (Å²) in [6.45, 7) is 9.99. The van der Waals surface area contributed by atoms with Gasteiger partial charge in [0.1, 0.15) is 6.04 Å². The fraction of sp³-hybridized carbons (Fsp3) is 0.833. The SMILES string of the molecule is CCNC(=O)C1CNCCN1C(=O)C(C)(C)C. The monoisotopic (exact) mass is 241 g/mol. The molecule has 2 N–H and O–H groups in total. The number of rotatable bonds is 2. The molecule has 17 heavy (non-hydrogen) atoms. The summed E-state index contributed by atoms with van der Waals surface area (Å²) in [6, 6.07) is -0.379. The Hall–Kier alpha value is -1.10. The molecule has 0 radical (unpaired) electrons. The summed E-state index contributed by atoms with van der Waals surface area (Å²) in [4.78, 5) is 25.8. The van der Waals surface area contributed by atoms with E-state index in [-0.39, 0.29) is 17.9 Å². The van der Waals surface area contributed by atoms with Gasteiger partial charge in [0, 0.05) is 31.6 Å².